The second kappa shape index (κ2) is 4.77. The van der Waals surface area contributed by atoms with Crippen LogP contribution < -0.4 is 4.72 Å². The summed E-state index contributed by atoms with van der Waals surface area (Å²) >= 11 is 0. The summed E-state index contributed by atoms with van der Waals surface area (Å²) in [6, 6.07) is 9.46. The van der Waals surface area contributed by atoms with Gasteiger partial charge in [0.1, 0.15) is 0 Å². The van der Waals surface area contributed by atoms with Crippen molar-refractivity contribution in [1.29, 1.82) is 0 Å². The van der Waals surface area contributed by atoms with Crippen LogP contribution in [0.5, 0.6) is 0 Å². The summed E-state index contributed by atoms with van der Waals surface area (Å²) in [6.07, 6.45) is 1.19. The lowest BCUT2D eigenvalue weighted by atomic mass is 9.97. The van der Waals surface area contributed by atoms with Crippen molar-refractivity contribution in [3.8, 4) is 0 Å². The Hall–Kier alpha value is -0.870. The number of nitrogens with one attached hydrogen (secondary N) is 1. The third-order valence-electron chi connectivity index (χ3n) is 2.17. The van der Waals surface area contributed by atoms with Gasteiger partial charge in [-0.05, 0) is 11.5 Å². The molecule has 15 heavy (non-hydrogen) atoms. The van der Waals surface area contributed by atoms with E-state index < -0.39 is 10.0 Å². The number of rotatable bonds is 4. The molecule has 0 fully saturated rings. The van der Waals surface area contributed by atoms with Crippen LogP contribution in [0.25, 0.3) is 0 Å². The molecule has 0 heterocycles. The fourth-order valence-electron chi connectivity index (χ4n) is 1.48. The van der Waals surface area contributed by atoms with Crippen LogP contribution in [0.1, 0.15) is 25.5 Å². The van der Waals surface area contributed by atoms with Gasteiger partial charge in [-0.2, -0.15) is 0 Å². The van der Waals surface area contributed by atoms with Crippen molar-refractivity contribution in [2.24, 2.45) is 5.92 Å². The molecule has 0 unspecified atom stereocenters. The van der Waals surface area contributed by atoms with Crippen LogP contribution in [0.3, 0.4) is 0 Å². The van der Waals surface area contributed by atoms with Crippen LogP contribution in [-0.2, 0) is 10.0 Å². The molecule has 1 N–H and O–H groups in total. The van der Waals surface area contributed by atoms with Crippen molar-refractivity contribution in [2.45, 2.75) is 19.9 Å². The second-order valence-electron chi connectivity index (χ2n) is 4.02. The molecule has 0 radical (unpaired) electrons. The van der Waals surface area contributed by atoms with Crippen LogP contribution in [-0.4, -0.2) is 14.7 Å². The summed E-state index contributed by atoms with van der Waals surface area (Å²) in [7, 11) is -3.17. The van der Waals surface area contributed by atoms with E-state index in [0.29, 0.717) is 0 Å². The Kier molecular flexibility index (Phi) is 3.88. The summed E-state index contributed by atoms with van der Waals surface area (Å²) in [5, 5.41) is 0. The molecule has 4 heteroatoms. The highest BCUT2D eigenvalue weighted by Crippen LogP contribution is 2.21. The topological polar surface area (TPSA) is 46.2 Å². The molecule has 0 saturated carbocycles. The molecule has 84 valence electrons. The van der Waals surface area contributed by atoms with Gasteiger partial charge in [-0.25, -0.2) is 13.1 Å². The van der Waals surface area contributed by atoms with Crippen molar-refractivity contribution in [1.82, 2.24) is 4.72 Å². The molecule has 0 bridgehead atoms. The minimum atomic E-state index is -3.17. The van der Waals surface area contributed by atoms with Crippen molar-refractivity contribution in [3.05, 3.63) is 35.9 Å². The fourth-order valence-corrected chi connectivity index (χ4v) is 2.35. The molecule has 1 atom stereocenters. The molecular formula is C11H17NO2S. The Balaban J connectivity index is 2.95. The van der Waals surface area contributed by atoms with Gasteiger partial charge < -0.3 is 0 Å². The van der Waals surface area contributed by atoms with E-state index in [1.807, 2.05) is 44.2 Å². The lowest BCUT2D eigenvalue weighted by Crippen LogP contribution is -2.30. The molecule has 1 aromatic rings. The molecular weight excluding hydrogens is 210 g/mol. The third-order valence-corrected chi connectivity index (χ3v) is 2.85. The van der Waals surface area contributed by atoms with Gasteiger partial charge in [0.2, 0.25) is 10.0 Å². The smallest absolute Gasteiger partial charge is 0.209 e. The van der Waals surface area contributed by atoms with E-state index in [9.17, 15) is 8.42 Å². The summed E-state index contributed by atoms with van der Waals surface area (Å²) in [6.45, 7) is 3.99. The molecule has 0 amide bonds. The molecule has 0 aliphatic heterocycles. The lowest BCUT2D eigenvalue weighted by Gasteiger charge is -2.21. The van der Waals surface area contributed by atoms with Gasteiger partial charge in [0.05, 0.1) is 6.26 Å². The first kappa shape index (κ1) is 12.2. The largest absolute Gasteiger partial charge is 0.213 e. The summed E-state index contributed by atoms with van der Waals surface area (Å²) in [5.41, 5.74) is 0.998. The summed E-state index contributed by atoms with van der Waals surface area (Å²) < 4.78 is 25.1. The van der Waals surface area contributed by atoms with Crippen LogP contribution >= 0.6 is 0 Å². The zero-order valence-electron chi connectivity index (χ0n) is 9.27. The predicted octanol–water partition coefficient (Wildman–Crippen LogP) is 1.93. The lowest BCUT2D eigenvalue weighted by molar-refractivity contribution is 0.465. The number of hydrogen-bond donors (Lipinski definition) is 1. The average Bonchev–Trinajstić information content (AvgIpc) is 2.14. The third kappa shape index (κ3) is 4.01. The highest BCUT2D eigenvalue weighted by molar-refractivity contribution is 7.88. The van der Waals surface area contributed by atoms with E-state index in [1.165, 1.54) is 6.26 Å². The van der Waals surface area contributed by atoms with E-state index in [2.05, 4.69) is 4.72 Å². The molecule has 3 nitrogen and oxygen atoms in total. The van der Waals surface area contributed by atoms with Gasteiger partial charge in [0.15, 0.2) is 0 Å². The van der Waals surface area contributed by atoms with Crippen LogP contribution in [0, 0.1) is 5.92 Å². The van der Waals surface area contributed by atoms with E-state index in [4.69, 9.17) is 0 Å². The predicted molar refractivity (Wildman–Crippen MR) is 62.0 cm³/mol. The molecule has 1 aromatic carbocycles. The minimum absolute atomic E-state index is 0.152. The average molecular weight is 227 g/mol. The number of benzene rings is 1. The SMILES string of the molecule is CC(C)[C@@H](NS(C)(=O)=O)c1ccccc1. The first-order chi connectivity index (χ1) is 6.90. The Labute approximate surface area is 91.6 Å². The Bertz CT molecular complexity index is 398. The van der Waals surface area contributed by atoms with Crippen molar-refractivity contribution in [3.63, 3.8) is 0 Å². The first-order valence-electron chi connectivity index (χ1n) is 4.92. The van der Waals surface area contributed by atoms with E-state index in [-0.39, 0.29) is 12.0 Å². The van der Waals surface area contributed by atoms with Crippen LogP contribution in [0.4, 0.5) is 0 Å². The first-order valence-corrected chi connectivity index (χ1v) is 6.81. The number of sulfonamides is 1. The molecule has 1 rings (SSSR count). The molecule has 0 aliphatic carbocycles. The summed E-state index contributed by atoms with van der Waals surface area (Å²) in [4.78, 5) is 0. The fraction of sp³-hybridized carbons (Fsp3) is 0.455. The highest BCUT2D eigenvalue weighted by Gasteiger charge is 2.18. The normalized spacial score (nSPS) is 14.1. The van der Waals surface area contributed by atoms with Gasteiger partial charge >= 0.3 is 0 Å². The van der Waals surface area contributed by atoms with Gasteiger partial charge in [-0.1, -0.05) is 44.2 Å². The zero-order valence-corrected chi connectivity index (χ0v) is 10.1. The van der Waals surface area contributed by atoms with Crippen LogP contribution in [0.15, 0.2) is 30.3 Å². The van der Waals surface area contributed by atoms with Crippen molar-refractivity contribution < 1.29 is 8.42 Å². The molecule has 0 spiro atoms. The Morgan fingerprint density at radius 1 is 1.13 bits per heavy atom. The summed E-state index contributed by atoms with van der Waals surface area (Å²) in [5.74, 6) is 0.224. The van der Waals surface area contributed by atoms with E-state index in [1.54, 1.807) is 0 Å². The quantitative estimate of drug-likeness (QED) is 0.854. The van der Waals surface area contributed by atoms with Gasteiger partial charge in [0, 0.05) is 6.04 Å². The zero-order chi connectivity index (χ0) is 11.5. The Morgan fingerprint density at radius 2 is 1.67 bits per heavy atom. The Morgan fingerprint density at radius 3 is 2.07 bits per heavy atom. The highest BCUT2D eigenvalue weighted by atomic mass is 32.2. The monoisotopic (exact) mass is 227 g/mol. The van der Waals surface area contributed by atoms with Gasteiger partial charge in [0.25, 0.3) is 0 Å². The molecule has 0 saturated heterocycles. The van der Waals surface area contributed by atoms with Gasteiger partial charge in [-0.15, -0.1) is 0 Å². The molecule has 0 aliphatic rings. The standard InChI is InChI=1S/C11H17NO2S/c1-9(2)11(12-15(3,13)14)10-7-5-4-6-8-10/h4-9,11-12H,1-3H3/t11-/m1/s1. The maximum atomic E-state index is 11.2. The van der Waals surface area contributed by atoms with Crippen molar-refractivity contribution >= 4 is 10.0 Å². The van der Waals surface area contributed by atoms with Crippen LogP contribution in [0.2, 0.25) is 0 Å². The van der Waals surface area contributed by atoms with E-state index >= 15 is 0 Å². The van der Waals surface area contributed by atoms with Crippen molar-refractivity contribution in [2.75, 3.05) is 6.26 Å². The van der Waals surface area contributed by atoms with Gasteiger partial charge in [-0.3, -0.25) is 0 Å². The maximum absolute atomic E-state index is 11.2. The minimum Gasteiger partial charge on any atom is -0.213 e. The molecule has 0 aromatic heterocycles. The maximum Gasteiger partial charge on any atom is 0.209 e. The second-order valence-corrected chi connectivity index (χ2v) is 5.80. The number of hydrogen-bond acceptors (Lipinski definition) is 2. The van der Waals surface area contributed by atoms with E-state index in [0.717, 1.165) is 5.56 Å².